The Kier molecular flexibility index (Phi) is 3.72. The highest BCUT2D eigenvalue weighted by atomic mass is 32.2. The van der Waals surface area contributed by atoms with Gasteiger partial charge in [-0.3, -0.25) is 14.4 Å². The van der Waals surface area contributed by atoms with Gasteiger partial charge in [0, 0.05) is 23.4 Å². The predicted octanol–water partition coefficient (Wildman–Crippen LogP) is 2.28. The van der Waals surface area contributed by atoms with E-state index in [0.29, 0.717) is 23.4 Å². The van der Waals surface area contributed by atoms with E-state index >= 15 is 0 Å². The van der Waals surface area contributed by atoms with Crippen LogP contribution in [0.15, 0.2) is 24.3 Å². The van der Waals surface area contributed by atoms with Crippen LogP contribution in [-0.4, -0.2) is 39.2 Å². The maximum Gasteiger partial charge on any atom is 0.248 e. The molecule has 2 saturated heterocycles. The van der Waals surface area contributed by atoms with Crippen molar-refractivity contribution >= 4 is 35.0 Å². The van der Waals surface area contributed by atoms with Crippen molar-refractivity contribution in [3.8, 4) is 0 Å². The molecule has 2 aliphatic heterocycles. The van der Waals surface area contributed by atoms with Gasteiger partial charge < -0.3 is 10.2 Å². The highest BCUT2D eigenvalue weighted by Crippen LogP contribution is 2.47. The van der Waals surface area contributed by atoms with Crippen LogP contribution in [0.1, 0.15) is 37.0 Å². The van der Waals surface area contributed by atoms with Gasteiger partial charge in [0.25, 0.3) is 0 Å². The van der Waals surface area contributed by atoms with Gasteiger partial charge in [-0.1, -0.05) is 12.1 Å². The van der Waals surface area contributed by atoms with Gasteiger partial charge in [0.15, 0.2) is 5.78 Å². The fraction of sp³-hybridized carbons (Fsp3) is 0.438. The Balaban J connectivity index is 1.77. The van der Waals surface area contributed by atoms with Crippen LogP contribution in [-0.2, 0) is 9.59 Å². The Labute approximate surface area is 133 Å². The maximum absolute atomic E-state index is 12.5. The molecule has 3 rings (SSSR count). The van der Waals surface area contributed by atoms with Crippen LogP contribution in [0.5, 0.6) is 0 Å². The van der Waals surface area contributed by atoms with E-state index in [2.05, 4.69) is 5.32 Å². The average Bonchev–Trinajstić information content (AvgIpc) is 2.96. The molecule has 2 atom stereocenters. The number of rotatable bonds is 3. The summed E-state index contributed by atoms with van der Waals surface area (Å²) in [7, 11) is 0. The van der Waals surface area contributed by atoms with E-state index in [1.165, 1.54) is 6.92 Å². The standard InChI is InChI=1S/C16H18N2O3S/c1-10(19)11-4-3-5-12(8-11)17-15(21)13-9-22-16(2)7-6-14(20)18(13)16/h3-5,8,13H,6-7,9H2,1-2H3,(H,17,21)/t13-,16+/m0/s1. The number of Topliss-reactive ketones (excluding diaryl/α,β-unsaturated/α-hetero) is 1. The minimum Gasteiger partial charge on any atom is -0.324 e. The van der Waals surface area contributed by atoms with E-state index < -0.39 is 6.04 Å². The van der Waals surface area contributed by atoms with Gasteiger partial charge in [-0.2, -0.15) is 0 Å². The largest absolute Gasteiger partial charge is 0.324 e. The monoisotopic (exact) mass is 318 g/mol. The Bertz CT molecular complexity index is 661. The van der Waals surface area contributed by atoms with Gasteiger partial charge in [0.05, 0.1) is 4.87 Å². The van der Waals surface area contributed by atoms with Crippen LogP contribution in [0.2, 0.25) is 0 Å². The summed E-state index contributed by atoms with van der Waals surface area (Å²) in [5, 5.41) is 2.83. The summed E-state index contributed by atoms with van der Waals surface area (Å²) in [6.45, 7) is 3.51. The van der Waals surface area contributed by atoms with Crippen molar-refractivity contribution in [3.63, 3.8) is 0 Å². The third kappa shape index (κ3) is 2.52. The quantitative estimate of drug-likeness (QED) is 0.868. The topological polar surface area (TPSA) is 66.5 Å². The number of benzene rings is 1. The molecule has 2 aliphatic rings. The molecule has 116 valence electrons. The molecular formula is C16H18N2O3S. The van der Waals surface area contributed by atoms with Gasteiger partial charge >= 0.3 is 0 Å². The SMILES string of the molecule is CC(=O)c1cccc(NC(=O)[C@@H]2CS[C@]3(C)CCC(=O)N23)c1. The third-order valence-corrected chi connectivity index (χ3v) is 5.79. The lowest BCUT2D eigenvalue weighted by molar-refractivity contribution is -0.135. The number of nitrogens with zero attached hydrogens (tertiary/aromatic N) is 1. The van der Waals surface area contributed by atoms with Crippen LogP contribution >= 0.6 is 11.8 Å². The van der Waals surface area contributed by atoms with Crippen LogP contribution in [0.25, 0.3) is 0 Å². The van der Waals surface area contributed by atoms with Crippen LogP contribution in [0.3, 0.4) is 0 Å². The summed E-state index contributed by atoms with van der Waals surface area (Å²) in [6, 6.07) is 6.42. The van der Waals surface area contributed by atoms with Crippen LogP contribution < -0.4 is 5.32 Å². The Morgan fingerprint density at radius 2 is 2.18 bits per heavy atom. The van der Waals surface area contributed by atoms with Gasteiger partial charge in [0.2, 0.25) is 11.8 Å². The van der Waals surface area contributed by atoms with Gasteiger partial charge in [-0.05, 0) is 32.4 Å². The van der Waals surface area contributed by atoms with Gasteiger partial charge in [-0.25, -0.2) is 0 Å². The highest BCUT2D eigenvalue weighted by molar-refractivity contribution is 8.01. The summed E-state index contributed by atoms with van der Waals surface area (Å²) in [6.07, 6.45) is 1.30. The predicted molar refractivity (Wildman–Crippen MR) is 85.8 cm³/mol. The number of carbonyl (C=O) groups is 3. The molecule has 1 aromatic carbocycles. The molecule has 0 spiro atoms. The number of nitrogens with one attached hydrogen (secondary N) is 1. The molecule has 5 nitrogen and oxygen atoms in total. The molecule has 0 aromatic heterocycles. The Morgan fingerprint density at radius 1 is 1.41 bits per heavy atom. The number of hydrogen-bond acceptors (Lipinski definition) is 4. The lowest BCUT2D eigenvalue weighted by Crippen LogP contribution is -2.48. The third-order valence-electron chi connectivity index (χ3n) is 4.28. The summed E-state index contributed by atoms with van der Waals surface area (Å²) in [5.74, 6) is 0.424. The lowest BCUT2D eigenvalue weighted by Gasteiger charge is -2.29. The zero-order chi connectivity index (χ0) is 15.9. The van der Waals surface area contributed by atoms with Gasteiger partial charge in [-0.15, -0.1) is 11.8 Å². The van der Waals surface area contributed by atoms with Crippen molar-refractivity contribution in [2.45, 2.75) is 37.6 Å². The van der Waals surface area contributed by atoms with Crippen molar-refractivity contribution in [2.24, 2.45) is 0 Å². The minimum absolute atomic E-state index is 0.0464. The molecular weight excluding hydrogens is 300 g/mol. The van der Waals surface area contributed by atoms with Crippen molar-refractivity contribution in [3.05, 3.63) is 29.8 Å². The molecule has 2 amide bonds. The first-order chi connectivity index (χ1) is 10.4. The molecule has 2 heterocycles. The molecule has 1 N–H and O–H groups in total. The molecule has 2 fully saturated rings. The van der Waals surface area contributed by atoms with E-state index in [1.807, 2.05) is 6.92 Å². The van der Waals surface area contributed by atoms with Crippen LogP contribution in [0.4, 0.5) is 5.69 Å². The van der Waals surface area contributed by atoms with Crippen molar-refractivity contribution in [1.82, 2.24) is 4.90 Å². The van der Waals surface area contributed by atoms with E-state index in [4.69, 9.17) is 0 Å². The van der Waals surface area contributed by atoms with Gasteiger partial charge in [0.1, 0.15) is 6.04 Å². The lowest BCUT2D eigenvalue weighted by atomic mass is 10.1. The normalized spacial score (nSPS) is 26.9. The highest BCUT2D eigenvalue weighted by Gasteiger charge is 2.52. The molecule has 0 bridgehead atoms. The summed E-state index contributed by atoms with van der Waals surface area (Å²) in [4.78, 5) is 37.5. The van der Waals surface area contributed by atoms with E-state index in [-0.39, 0.29) is 22.5 Å². The summed E-state index contributed by atoms with van der Waals surface area (Å²) in [5.41, 5.74) is 1.14. The summed E-state index contributed by atoms with van der Waals surface area (Å²) >= 11 is 1.66. The maximum atomic E-state index is 12.5. The zero-order valence-electron chi connectivity index (χ0n) is 12.6. The molecule has 6 heteroatoms. The number of ketones is 1. The second kappa shape index (κ2) is 5.43. The van der Waals surface area contributed by atoms with E-state index in [1.54, 1.807) is 40.9 Å². The number of anilines is 1. The number of amides is 2. The van der Waals surface area contributed by atoms with Crippen molar-refractivity contribution < 1.29 is 14.4 Å². The number of fused-ring (bicyclic) bond motifs is 1. The molecule has 0 unspecified atom stereocenters. The minimum atomic E-state index is -0.439. The second-order valence-corrected chi connectivity index (χ2v) is 7.39. The summed E-state index contributed by atoms with van der Waals surface area (Å²) < 4.78 is 0. The Hall–Kier alpha value is -1.82. The zero-order valence-corrected chi connectivity index (χ0v) is 13.4. The fourth-order valence-corrected chi connectivity index (χ4v) is 4.49. The Morgan fingerprint density at radius 3 is 2.91 bits per heavy atom. The average molecular weight is 318 g/mol. The first kappa shape index (κ1) is 15.1. The first-order valence-corrected chi connectivity index (χ1v) is 8.27. The fourth-order valence-electron chi connectivity index (χ4n) is 3.06. The number of thioether (sulfide) groups is 1. The van der Waals surface area contributed by atoms with E-state index in [9.17, 15) is 14.4 Å². The van der Waals surface area contributed by atoms with Crippen molar-refractivity contribution in [2.75, 3.05) is 11.1 Å². The molecule has 0 aliphatic carbocycles. The first-order valence-electron chi connectivity index (χ1n) is 7.29. The van der Waals surface area contributed by atoms with Crippen molar-refractivity contribution in [1.29, 1.82) is 0 Å². The van der Waals surface area contributed by atoms with Crippen LogP contribution in [0, 0.1) is 0 Å². The molecule has 22 heavy (non-hydrogen) atoms. The smallest absolute Gasteiger partial charge is 0.248 e. The molecule has 1 aromatic rings. The molecule has 0 saturated carbocycles. The second-order valence-electron chi connectivity index (χ2n) is 5.89. The molecule has 0 radical (unpaired) electrons. The number of hydrogen-bond donors (Lipinski definition) is 1. The number of carbonyl (C=O) groups excluding carboxylic acids is 3. The van der Waals surface area contributed by atoms with E-state index in [0.717, 1.165) is 6.42 Å².